The van der Waals surface area contributed by atoms with Gasteiger partial charge in [0.1, 0.15) is 0 Å². The Bertz CT molecular complexity index is 1160. The summed E-state index contributed by atoms with van der Waals surface area (Å²) < 4.78 is 2.42. The highest BCUT2D eigenvalue weighted by atomic mass is 35.5. The van der Waals surface area contributed by atoms with E-state index in [2.05, 4.69) is 51.0 Å². The van der Waals surface area contributed by atoms with Crippen LogP contribution in [0.3, 0.4) is 0 Å². The molecule has 3 nitrogen and oxygen atoms in total. The Labute approximate surface area is 189 Å². The molecule has 0 unspecified atom stereocenters. The van der Waals surface area contributed by atoms with Crippen molar-refractivity contribution in [2.75, 3.05) is 19.6 Å². The number of piperidine rings is 1. The summed E-state index contributed by atoms with van der Waals surface area (Å²) in [5.41, 5.74) is 5.93. The zero-order valence-corrected chi connectivity index (χ0v) is 18.6. The molecule has 2 aromatic heterocycles. The number of hydrogen-bond acceptors (Lipinski definition) is 2. The molecule has 2 aromatic carbocycles. The lowest BCUT2D eigenvalue weighted by Gasteiger charge is -2.26. The second kappa shape index (κ2) is 9.25. The summed E-state index contributed by atoms with van der Waals surface area (Å²) in [4.78, 5) is 7.17. The van der Waals surface area contributed by atoms with Crippen molar-refractivity contribution >= 4 is 22.5 Å². The molecule has 4 aromatic rings. The zero-order valence-electron chi connectivity index (χ0n) is 17.8. The number of pyridine rings is 1. The molecule has 0 atom stereocenters. The van der Waals surface area contributed by atoms with Gasteiger partial charge in [-0.2, -0.15) is 0 Å². The van der Waals surface area contributed by atoms with Crippen molar-refractivity contribution in [3.63, 3.8) is 0 Å². The molecule has 1 fully saturated rings. The van der Waals surface area contributed by atoms with Gasteiger partial charge in [0.05, 0.1) is 0 Å². The predicted octanol–water partition coefficient (Wildman–Crippen LogP) is 6.90. The molecule has 0 spiro atoms. The third-order valence-corrected chi connectivity index (χ3v) is 6.59. The van der Waals surface area contributed by atoms with Gasteiger partial charge in [-0.15, -0.1) is 0 Å². The number of benzene rings is 2. The molecule has 158 valence electrons. The molecule has 0 aliphatic carbocycles. The molecule has 3 heterocycles. The van der Waals surface area contributed by atoms with E-state index < -0.39 is 0 Å². The summed E-state index contributed by atoms with van der Waals surface area (Å²) in [7, 11) is 0. The molecule has 0 saturated carbocycles. The van der Waals surface area contributed by atoms with Crippen molar-refractivity contribution < 1.29 is 0 Å². The second-order valence-electron chi connectivity index (χ2n) is 8.48. The number of hydrogen-bond donors (Lipinski definition) is 0. The highest BCUT2D eigenvalue weighted by molar-refractivity contribution is 6.30. The van der Waals surface area contributed by atoms with E-state index in [1.54, 1.807) is 0 Å². The molecular weight excluding hydrogens is 402 g/mol. The van der Waals surface area contributed by atoms with E-state index >= 15 is 0 Å². The number of likely N-dealkylation sites (tertiary alicyclic amines) is 1. The standard InChI is InChI=1S/C27H28ClN3/c28-24-11-9-21(10-12-24)22-17-23(19-29-18-22)26-20-31(27-8-3-2-7-25(26)27)16-6-15-30-13-4-1-5-14-30/h2-3,7-12,17-20H,1,4-6,13-16H2. The largest absolute Gasteiger partial charge is 0.347 e. The molecule has 0 N–H and O–H groups in total. The topological polar surface area (TPSA) is 21.1 Å². The van der Waals surface area contributed by atoms with Gasteiger partial charge in [-0.05, 0) is 68.7 Å². The SMILES string of the molecule is Clc1ccc(-c2cncc(-c3cn(CCCN4CCCCC4)c4ccccc34)c2)cc1. The van der Waals surface area contributed by atoms with Crippen LogP contribution in [0.25, 0.3) is 33.2 Å². The maximum absolute atomic E-state index is 6.06. The number of para-hydroxylation sites is 1. The fourth-order valence-electron chi connectivity index (χ4n) is 4.70. The minimum atomic E-state index is 0.750. The van der Waals surface area contributed by atoms with Crippen LogP contribution in [0.5, 0.6) is 0 Å². The Hall–Kier alpha value is -2.62. The van der Waals surface area contributed by atoms with E-state index in [9.17, 15) is 0 Å². The molecule has 0 bridgehead atoms. The highest BCUT2D eigenvalue weighted by Gasteiger charge is 2.13. The molecule has 31 heavy (non-hydrogen) atoms. The molecule has 1 saturated heterocycles. The summed E-state index contributed by atoms with van der Waals surface area (Å²) in [6.45, 7) is 4.76. The lowest BCUT2D eigenvalue weighted by Crippen LogP contribution is -2.31. The van der Waals surface area contributed by atoms with Crippen LogP contribution in [0.1, 0.15) is 25.7 Å². The van der Waals surface area contributed by atoms with Crippen molar-refractivity contribution in [3.8, 4) is 22.3 Å². The van der Waals surface area contributed by atoms with Crippen molar-refractivity contribution in [2.45, 2.75) is 32.2 Å². The maximum atomic E-state index is 6.06. The van der Waals surface area contributed by atoms with Crippen LogP contribution >= 0.6 is 11.6 Å². The van der Waals surface area contributed by atoms with E-state index in [1.807, 2.05) is 36.7 Å². The third kappa shape index (κ3) is 4.53. The normalized spacial score (nSPS) is 14.9. The van der Waals surface area contributed by atoms with E-state index in [4.69, 9.17) is 11.6 Å². The molecule has 5 rings (SSSR count). The number of nitrogens with zero attached hydrogens (tertiary/aromatic N) is 3. The van der Waals surface area contributed by atoms with E-state index in [0.29, 0.717) is 0 Å². The van der Waals surface area contributed by atoms with Crippen LogP contribution < -0.4 is 0 Å². The van der Waals surface area contributed by atoms with Gasteiger partial charge in [0.25, 0.3) is 0 Å². The zero-order chi connectivity index (χ0) is 21.0. The number of rotatable bonds is 6. The van der Waals surface area contributed by atoms with Gasteiger partial charge >= 0.3 is 0 Å². The Morgan fingerprint density at radius 2 is 1.58 bits per heavy atom. The van der Waals surface area contributed by atoms with Crippen LogP contribution in [0.2, 0.25) is 5.02 Å². The van der Waals surface area contributed by atoms with Gasteiger partial charge in [0, 0.05) is 57.8 Å². The average molecular weight is 430 g/mol. The van der Waals surface area contributed by atoms with Crippen LogP contribution in [-0.2, 0) is 6.54 Å². The summed E-state index contributed by atoms with van der Waals surface area (Å²) in [6.07, 6.45) is 11.5. The molecule has 1 aliphatic heterocycles. The Kier molecular flexibility index (Phi) is 6.06. The fourth-order valence-corrected chi connectivity index (χ4v) is 4.82. The van der Waals surface area contributed by atoms with Crippen LogP contribution in [0.15, 0.2) is 73.2 Å². The smallest absolute Gasteiger partial charge is 0.0486 e. The maximum Gasteiger partial charge on any atom is 0.0486 e. The first-order valence-corrected chi connectivity index (χ1v) is 11.7. The van der Waals surface area contributed by atoms with Crippen molar-refractivity contribution in [1.82, 2.24) is 14.5 Å². The second-order valence-corrected chi connectivity index (χ2v) is 8.91. The van der Waals surface area contributed by atoms with Crippen LogP contribution in [-0.4, -0.2) is 34.1 Å². The van der Waals surface area contributed by atoms with Crippen LogP contribution in [0.4, 0.5) is 0 Å². The van der Waals surface area contributed by atoms with Gasteiger partial charge in [0.15, 0.2) is 0 Å². The van der Waals surface area contributed by atoms with Gasteiger partial charge in [-0.25, -0.2) is 0 Å². The molecular formula is C27H28ClN3. The average Bonchev–Trinajstić information content (AvgIpc) is 3.19. The number of halogens is 1. The lowest BCUT2D eigenvalue weighted by molar-refractivity contribution is 0.223. The van der Waals surface area contributed by atoms with E-state index in [0.717, 1.165) is 28.3 Å². The van der Waals surface area contributed by atoms with Crippen molar-refractivity contribution in [2.24, 2.45) is 0 Å². The molecule has 0 amide bonds. The summed E-state index contributed by atoms with van der Waals surface area (Å²) in [5, 5.41) is 2.04. The van der Waals surface area contributed by atoms with Gasteiger partial charge in [0.2, 0.25) is 0 Å². The monoisotopic (exact) mass is 429 g/mol. The van der Waals surface area contributed by atoms with E-state index in [1.165, 1.54) is 61.8 Å². The summed E-state index contributed by atoms with van der Waals surface area (Å²) in [5.74, 6) is 0. The molecule has 1 aliphatic rings. The van der Waals surface area contributed by atoms with Gasteiger partial charge in [-0.3, -0.25) is 4.98 Å². The quantitative estimate of drug-likeness (QED) is 0.332. The first kappa shape index (κ1) is 20.3. The first-order valence-electron chi connectivity index (χ1n) is 11.3. The summed E-state index contributed by atoms with van der Waals surface area (Å²) in [6, 6.07) is 18.9. The number of fused-ring (bicyclic) bond motifs is 1. The van der Waals surface area contributed by atoms with Crippen molar-refractivity contribution in [3.05, 3.63) is 78.2 Å². The number of aromatic nitrogens is 2. The fraction of sp³-hybridized carbons (Fsp3) is 0.296. The van der Waals surface area contributed by atoms with Crippen molar-refractivity contribution in [1.29, 1.82) is 0 Å². The number of aryl methyl sites for hydroxylation is 1. The van der Waals surface area contributed by atoms with Gasteiger partial charge in [-0.1, -0.05) is 48.4 Å². The van der Waals surface area contributed by atoms with Crippen LogP contribution in [0, 0.1) is 0 Å². The predicted molar refractivity (Wildman–Crippen MR) is 131 cm³/mol. The van der Waals surface area contributed by atoms with Gasteiger partial charge < -0.3 is 9.47 Å². The van der Waals surface area contributed by atoms with E-state index in [-0.39, 0.29) is 0 Å². The molecule has 0 radical (unpaired) electrons. The third-order valence-electron chi connectivity index (χ3n) is 6.34. The lowest BCUT2D eigenvalue weighted by atomic mass is 10.0. The Morgan fingerprint density at radius 3 is 2.42 bits per heavy atom. The molecule has 4 heteroatoms. The minimum Gasteiger partial charge on any atom is -0.347 e. The highest BCUT2D eigenvalue weighted by Crippen LogP contribution is 2.33. The summed E-state index contributed by atoms with van der Waals surface area (Å²) >= 11 is 6.06. The first-order chi connectivity index (χ1) is 15.3. The Morgan fingerprint density at radius 1 is 0.806 bits per heavy atom. The Balaban J connectivity index is 1.42. The minimum absolute atomic E-state index is 0.750.